The van der Waals surface area contributed by atoms with Crippen molar-refractivity contribution in [2.45, 2.75) is 18.6 Å². The number of rotatable bonds is 3. The Morgan fingerprint density at radius 1 is 1.33 bits per heavy atom. The van der Waals surface area contributed by atoms with E-state index in [1.807, 2.05) is 0 Å². The summed E-state index contributed by atoms with van der Waals surface area (Å²) < 4.78 is 41.5. The average Bonchev–Trinajstić information content (AvgIpc) is 2.17. The van der Waals surface area contributed by atoms with Gasteiger partial charge in [-0.15, -0.1) is 0 Å². The molecule has 0 radical (unpaired) electrons. The van der Waals surface area contributed by atoms with Gasteiger partial charge in [-0.1, -0.05) is 18.2 Å². The number of hydrogen-bond acceptors (Lipinski definition) is 2. The Labute approximate surface area is 85.8 Å². The van der Waals surface area contributed by atoms with Gasteiger partial charge in [-0.3, -0.25) is 0 Å². The van der Waals surface area contributed by atoms with Crippen LogP contribution in [0, 0.1) is 0 Å². The summed E-state index contributed by atoms with van der Waals surface area (Å²) in [4.78, 5) is 0. The summed E-state index contributed by atoms with van der Waals surface area (Å²) in [6.07, 6.45) is -4.64. The van der Waals surface area contributed by atoms with Gasteiger partial charge in [0.2, 0.25) is 0 Å². The topological polar surface area (TPSA) is 35.2 Å². The molecule has 15 heavy (non-hydrogen) atoms. The van der Waals surface area contributed by atoms with Crippen molar-refractivity contribution in [3.05, 3.63) is 29.8 Å². The monoisotopic (exact) mass is 219 g/mol. The van der Waals surface area contributed by atoms with Crippen molar-refractivity contribution in [3.63, 3.8) is 0 Å². The predicted octanol–water partition coefficient (Wildman–Crippen LogP) is 2.13. The van der Waals surface area contributed by atoms with Gasteiger partial charge in [-0.25, -0.2) is 0 Å². The van der Waals surface area contributed by atoms with Crippen LogP contribution in [0.1, 0.15) is 5.56 Å². The van der Waals surface area contributed by atoms with Crippen LogP contribution in [0.4, 0.5) is 13.2 Å². The summed E-state index contributed by atoms with van der Waals surface area (Å²) in [5.41, 5.74) is 5.49. The summed E-state index contributed by atoms with van der Waals surface area (Å²) in [6, 6.07) is 4.68. The van der Waals surface area contributed by atoms with Gasteiger partial charge in [-0.05, 0) is 18.1 Å². The van der Waals surface area contributed by atoms with Crippen LogP contribution in [-0.2, 0) is 6.42 Å². The molecule has 0 unspecified atom stereocenters. The lowest BCUT2D eigenvalue weighted by Gasteiger charge is -2.16. The first-order valence-electron chi connectivity index (χ1n) is 4.39. The second kappa shape index (κ2) is 4.53. The van der Waals surface area contributed by atoms with Crippen LogP contribution in [0.25, 0.3) is 0 Å². The highest BCUT2D eigenvalue weighted by molar-refractivity contribution is 5.33. The molecule has 0 fully saturated rings. The second-order valence-electron chi connectivity index (χ2n) is 3.16. The highest BCUT2D eigenvalue weighted by Crippen LogP contribution is 2.25. The lowest BCUT2D eigenvalue weighted by Crippen LogP contribution is -2.39. The third kappa shape index (κ3) is 3.13. The number of methoxy groups -OCH3 is 1. The number of nitrogens with two attached hydrogens (primary N) is 1. The van der Waals surface area contributed by atoms with Crippen molar-refractivity contribution in [1.82, 2.24) is 0 Å². The molecule has 2 N–H and O–H groups in total. The smallest absolute Gasteiger partial charge is 0.403 e. The first-order chi connectivity index (χ1) is 6.95. The van der Waals surface area contributed by atoms with Crippen molar-refractivity contribution >= 4 is 0 Å². The Kier molecular flexibility index (Phi) is 3.57. The highest BCUT2D eigenvalue weighted by atomic mass is 19.4. The normalized spacial score (nSPS) is 13.7. The van der Waals surface area contributed by atoms with E-state index < -0.39 is 12.2 Å². The number of hydrogen-bond donors (Lipinski definition) is 1. The van der Waals surface area contributed by atoms with Crippen molar-refractivity contribution in [2.24, 2.45) is 5.73 Å². The van der Waals surface area contributed by atoms with Gasteiger partial charge in [0.05, 0.1) is 7.11 Å². The van der Waals surface area contributed by atoms with E-state index in [0.29, 0.717) is 11.3 Å². The minimum absolute atomic E-state index is 0.270. The Morgan fingerprint density at radius 2 is 1.93 bits per heavy atom. The largest absolute Gasteiger partial charge is 0.496 e. The predicted molar refractivity (Wildman–Crippen MR) is 50.7 cm³/mol. The van der Waals surface area contributed by atoms with E-state index in [2.05, 4.69) is 0 Å². The van der Waals surface area contributed by atoms with Crippen molar-refractivity contribution < 1.29 is 17.9 Å². The molecule has 0 saturated carbocycles. The maximum absolute atomic E-state index is 12.2. The molecule has 1 rings (SSSR count). The number of ether oxygens (including phenoxy) is 1. The first kappa shape index (κ1) is 11.8. The third-order valence-electron chi connectivity index (χ3n) is 2.05. The van der Waals surface area contributed by atoms with Crippen molar-refractivity contribution in [2.75, 3.05) is 7.11 Å². The van der Waals surface area contributed by atoms with E-state index >= 15 is 0 Å². The Morgan fingerprint density at radius 3 is 2.47 bits per heavy atom. The molecule has 1 aromatic rings. The number of para-hydroxylation sites is 1. The van der Waals surface area contributed by atoms with Gasteiger partial charge in [0.15, 0.2) is 0 Å². The van der Waals surface area contributed by atoms with Crippen LogP contribution in [0.15, 0.2) is 24.3 Å². The molecule has 0 aromatic heterocycles. The zero-order valence-electron chi connectivity index (χ0n) is 8.21. The molecular weight excluding hydrogens is 207 g/mol. The summed E-state index contributed by atoms with van der Waals surface area (Å²) in [5.74, 6) is 0.428. The highest BCUT2D eigenvalue weighted by Gasteiger charge is 2.36. The summed E-state index contributed by atoms with van der Waals surface area (Å²) in [5, 5.41) is 0. The van der Waals surface area contributed by atoms with E-state index in [9.17, 15) is 13.2 Å². The summed E-state index contributed by atoms with van der Waals surface area (Å²) in [6.45, 7) is 0. The SMILES string of the molecule is COc1ccccc1C[C@H](N)C(F)(F)F. The molecule has 0 aliphatic rings. The molecule has 1 aromatic carbocycles. The third-order valence-corrected chi connectivity index (χ3v) is 2.05. The number of benzene rings is 1. The van der Waals surface area contributed by atoms with Crippen LogP contribution in [0.2, 0.25) is 0 Å². The molecule has 5 heteroatoms. The molecule has 0 amide bonds. The van der Waals surface area contributed by atoms with Crippen molar-refractivity contribution in [1.29, 1.82) is 0 Å². The van der Waals surface area contributed by atoms with Crippen LogP contribution in [-0.4, -0.2) is 19.3 Å². The van der Waals surface area contributed by atoms with E-state index in [-0.39, 0.29) is 6.42 Å². The fraction of sp³-hybridized carbons (Fsp3) is 0.400. The van der Waals surface area contributed by atoms with Crippen molar-refractivity contribution in [3.8, 4) is 5.75 Å². The van der Waals surface area contributed by atoms with E-state index in [1.165, 1.54) is 7.11 Å². The average molecular weight is 219 g/mol. The van der Waals surface area contributed by atoms with Gasteiger partial charge in [0.1, 0.15) is 11.8 Å². The number of halogens is 3. The second-order valence-corrected chi connectivity index (χ2v) is 3.16. The van der Waals surface area contributed by atoms with Crippen LogP contribution < -0.4 is 10.5 Å². The Hall–Kier alpha value is -1.23. The minimum atomic E-state index is -4.37. The maximum Gasteiger partial charge on any atom is 0.403 e. The Bertz CT molecular complexity index is 325. The molecule has 0 saturated heterocycles. The van der Waals surface area contributed by atoms with Crippen LogP contribution in [0.5, 0.6) is 5.75 Å². The van der Waals surface area contributed by atoms with Gasteiger partial charge in [0.25, 0.3) is 0 Å². The molecule has 84 valence electrons. The zero-order chi connectivity index (χ0) is 11.5. The zero-order valence-corrected chi connectivity index (χ0v) is 8.21. The fourth-order valence-corrected chi connectivity index (χ4v) is 1.22. The standard InChI is InChI=1S/C10H12F3NO/c1-15-8-5-3-2-4-7(8)6-9(14)10(11,12)13/h2-5,9H,6,14H2,1H3/t9-/m0/s1. The molecule has 0 spiro atoms. The van der Waals surface area contributed by atoms with Gasteiger partial charge in [-0.2, -0.15) is 13.2 Å². The Balaban J connectivity index is 2.80. The van der Waals surface area contributed by atoms with Crippen LogP contribution in [0.3, 0.4) is 0 Å². The van der Waals surface area contributed by atoms with E-state index in [0.717, 1.165) is 0 Å². The first-order valence-corrected chi connectivity index (χ1v) is 4.39. The lowest BCUT2D eigenvalue weighted by atomic mass is 10.1. The van der Waals surface area contributed by atoms with Crippen LogP contribution >= 0.6 is 0 Å². The summed E-state index contributed by atoms with van der Waals surface area (Å²) >= 11 is 0. The molecule has 2 nitrogen and oxygen atoms in total. The van der Waals surface area contributed by atoms with E-state index in [4.69, 9.17) is 10.5 Å². The molecule has 0 heterocycles. The molecule has 0 aliphatic carbocycles. The van der Waals surface area contributed by atoms with Gasteiger partial charge < -0.3 is 10.5 Å². The molecular formula is C10H12F3NO. The molecule has 1 atom stereocenters. The molecule has 0 aliphatic heterocycles. The van der Waals surface area contributed by atoms with Gasteiger partial charge >= 0.3 is 6.18 Å². The summed E-state index contributed by atoms with van der Waals surface area (Å²) in [7, 11) is 1.41. The van der Waals surface area contributed by atoms with E-state index in [1.54, 1.807) is 24.3 Å². The van der Waals surface area contributed by atoms with Gasteiger partial charge in [0, 0.05) is 0 Å². The quantitative estimate of drug-likeness (QED) is 0.845. The fourth-order valence-electron chi connectivity index (χ4n) is 1.22. The maximum atomic E-state index is 12.2. The minimum Gasteiger partial charge on any atom is -0.496 e. The number of alkyl halides is 3. The lowest BCUT2D eigenvalue weighted by molar-refractivity contribution is -0.147. The molecule has 0 bridgehead atoms.